The molecule has 0 saturated heterocycles. The van der Waals surface area contributed by atoms with Crippen LogP contribution in [0.5, 0.6) is 11.5 Å². The molecule has 3 nitrogen and oxygen atoms in total. The summed E-state index contributed by atoms with van der Waals surface area (Å²) in [6.45, 7) is 4.58. The molecule has 0 fully saturated rings. The quantitative estimate of drug-likeness (QED) is 0.192. The molecule has 0 amide bonds. The van der Waals surface area contributed by atoms with E-state index in [1.165, 1.54) is 22.3 Å². The number of anilines is 3. The standard InChI is InChI=1S/C45H33NO2/c1-45(2)38-26-28-42-43(37-15-9-10-16-40(37)47-42)44(38)48-41-27-25-36(29-39(41)45)46(34-21-17-32(18-22-34)30-11-5-3-6-12-30)35-23-19-33(20-24-35)31-13-7-4-8-14-31/h3-29H,1-2H3. The van der Waals surface area contributed by atoms with Gasteiger partial charge in [0.1, 0.15) is 22.7 Å². The summed E-state index contributed by atoms with van der Waals surface area (Å²) in [7, 11) is 0. The van der Waals surface area contributed by atoms with E-state index in [1.807, 2.05) is 12.1 Å². The zero-order valence-electron chi connectivity index (χ0n) is 26.9. The van der Waals surface area contributed by atoms with E-state index in [9.17, 15) is 0 Å². The zero-order chi connectivity index (χ0) is 32.2. The predicted molar refractivity (Wildman–Crippen MR) is 198 cm³/mol. The highest BCUT2D eigenvalue weighted by Crippen LogP contribution is 2.53. The van der Waals surface area contributed by atoms with Crippen molar-refractivity contribution in [1.82, 2.24) is 0 Å². The van der Waals surface area contributed by atoms with Crippen molar-refractivity contribution in [1.29, 1.82) is 0 Å². The molecule has 0 radical (unpaired) electrons. The first kappa shape index (κ1) is 28.2. The Morgan fingerprint density at radius 1 is 0.458 bits per heavy atom. The van der Waals surface area contributed by atoms with E-state index >= 15 is 0 Å². The van der Waals surface area contributed by atoms with Crippen molar-refractivity contribution in [3.05, 3.63) is 175 Å². The zero-order valence-corrected chi connectivity index (χ0v) is 26.9. The number of benzene rings is 7. The van der Waals surface area contributed by atoms with Crippen molar-refractivity contribution in [2.45, 2.75) is 19.3 Å². The number of rotatable bonds is 5. The molecule has 9 rings (SSSR count). The first-order valence-electron chi connectivity index (χ1n) is 16.4. The van der Waals surface area contributed by atoms with Gasteiger partial charge in [0.25, 0.3) is 0 Å². The third-order valence-electron chi connectivity index (χ3n) is 9.74. The summed E-state index contributed by atoms with van der Waals surface area (Å²) in [6.07, 6.45) is 0. The van der Waals surface area contributed by atoms with Crippen molar-refractivity contribution in [2.75, 3.05) is 4.90 Å². The second-order valence-corrected chi connectivity index (χ2v) is 13.0. The van der Waals surface area contributed by atoms with Gasteiger partial charge in [0.05, 0.1) is 5.39 Å². The van der Waals surface area contributed by atoms with Crippen LogP contribution in [0.25, 0.3) is 44.2 Å². The summed E-state index contributed by atoms with van der Waals surface area (Å²) in [5.74, 6) is 1.75. The number of furan rings is 1. The predicted octanol–water partition coefficient (Wildman–Crippen LogP) is 12.8. The number of nitrogens with zero attached hydrogens (tertiary/aromatic N) is 1. The lowest BCUT2D eigenvalue weighted by atomic mass is 9.75. The number of hydrogen-bond donors (Lipinski definition) is 0. The number of fused-ring (bicyclic) bond motifs is 6. The lowest BCUT2D eigenvalue weighted by molar-refractivity contribution is 0.423. The van der Waals surface area contributed by atoms with Crippen LogP contribution in [0.1, 0.15) is 25.0 Å². The highest BCUT2D eigenvalue weighted by atomic mass is 16.5. The van der Waals surface area contributed by atoms with Crippen LogP contribution in [0.4, 0.5) is 17.1 Å². The molecule has 48 heavy (non-hydrogen) atoms. The van der Waals surface area contributed by atoms with Crippen molar-refractivity contribution in [3.63, 3.8) is 0 Å². The second kappa shape index (κ2) is 11.0. The van der Waals surface area contributed by atoms with Crippen LogP contribution >= 0.6 is 0 Å². The van der Waals surface area contributed by atoms with Crippen LogP contribution in [0, 0.1) is 0 Å². The van der Waals surface area contributed by atoms with Crippen molar-refractivity contribution >= 4 is 39.0 Å². The Bertz CT molecular complexity index is 2340. The Morgan fingerprint density at radius 3 is 1.62 bits per heavy atom. The van der Waals surface area contributed by atoms with Crippen molar-refractivity contribution in [3.8, 4) is 33.8 Å². The molecule has 8 aromatic rings. The molecule has 230 valence electrons. The fourth-order valence-electron chi connectivity index (χ4n) is 7.19. The molecule has 1 aliphatic rings. The van der Waals surface area contributed by atoms with Crippen LogP contribution < -0.4 is 9.64 Å². The SMILES string of the molecule is CC1(C)c2cc(N(c3ccc(-c4ccccc4)cc3)c3ccc(-c4ccccc4)cc3)ccc2Oc2c1ccc1oc3ccccc3c21. The van der Waals surface area contributed by atoms with Gasteiger partial charge in [-0.3, -0.25) is 0 Å². The molecule has 7 aromatic carbocycles. The monoisotopic (exact) mass is 619 g/mol. The summed E-state index contributed by atoms with van der Waals surface area (Å²) < 4.78 is 13.0. The summed E-state index contributed by atoms with van der Waals surface area (Å²) in [4.78, 5) is 2.34. The minimum absolute atomic E-state index is 0.314. The highest BCUT2D eigenvalue weighted by Gasteiger charge is 2.37. The van der Waals surface area contributed by atoms with E-state index in [4.69, 9.17) is 9.15 Å². The average Bonchev–Trinajstić information content (AvgIpc) is 3.53. The highest BCUT2D eigenvalue weighted by molar-refractivity contribution is 6.09. The average molecular weight is 620 g/mol. The van der Waals surface area contributed by atoms with Crippen molar-refractivity contribution in [2.24, 2.45) is 0 Å². The van der Waals surface area contributed by atoms with Gasteiger partial charge < -0.3 is 14.1 Å². The second-order valence-electron chi connectivity index (χ2n) is 13.0. The van der Waals surface area contributed by atoms with Crippen LogP contribution in [-0.4, -0.2) is 0 Å². The fourth-order valence-corrected chi connectivity index (χ4v) is 7.19. The molecule has 2 heterocycles. The molecule has 3 heteroatoms. The maximum Gasteiger partial charge on any atom is 0.143 e. The van der Waals surface area contributed by atoms with E-state index in [2.05, 4.69) is 170 Å². The third kappa shape index (κ3) is 4.58. The van der Waals surface area contributed by atoms with Gasteiger partial charge in [-0.25, -0.2) is 0 Å². The molecule has 0 N–H and O–H groups in total. The van der Waals surface area contributed by atoms with Gasteiger partial charge in [-0.15, -0.1) is 0 Å². The van der Waals surface area contributed by atoms with E-state index < -0.39 is 0 Å². The molecule has 0 unspecified atom stereocenters. The molecule has 0 bridgehead atoms. The van der Waals surface area contributed by atoms with Gasteiger partial charge >= 0.3 is 0 Å². The van der Waals surface area contributed by atoms with Gasteiger partial charge in [0, 0.05) is 39.0 Å². The Kier molecular flexibility index (Phi) is 6.48. The van der Waals surface area contributed by atoms with E-state index in [1.54, 1.807) is 0 Å². The summed E-state index contributed by atoms with van der Waals surface area (Å²) >= 11 is 0. The van der Waals surface area contributed by atoms with Gasteiger partial charge in [-0.2, -0.15) is 0 Å². The van der Waals surface area contributed by atoms with Gasteiger partial charge in [-0.05, 0) is 76.9 Å². The Morgan fingerprint density at radius 2 is 1.00 bits per heavy atom. The topological polar surface area (TPSA) is 25.6 Å². The molecule has 1 aromatic heterocycles. The molecule has 1 aliphatic heterocycles. The van der Waals surface area contributed by atoms with Crippen LogP contribution in [0.2, 0.25) is 0 Å². The molecule has 0 atom stereocenters. The van der Waals surface area contributed by atoms with E-state index in [0.717, 1.165) is 61.6 Å². The Labute approximate surface area is 280 Å². The van der Waals surface area contributed by atoms with E-state index in [-0.39, 0.29) is 5.41 Å². The minimum atomic E-state index is -0.314. The van der Waals surface area contributed by atoms with E-state index in [0.29, 0.717) is 0 Å². The molecular weight excluding hydrogens is 587 g/mol. The summed E-state index contributed by atoms with van der Waals surface area (Å²) in [6, 6.07) is 57.8. The lowest BCUT2D eigenvalue weighted by Gasteiger charge is -2.36. The van der Waals surface area contributed by atoms with Crippen molar-refractivity contribution < 1.29 is 9.15 Å². The largest absolute Gasteiger partial charge is 0.456 e. The van der Waals surface area contributed by atoms with Crippen LogP contribution in [0.3, 0.4) is 0 Å². The van der Waals surface area contributed by atoms with Gasteiger partial charge in [0.2, 0.25) is 0 Å². The van der Waals surface area contributed by atoms with Gasteiger partial charge in [-0.1, -0.05) is 123 Å². The maximum atomic E-state index is 6.79. The summed E-state index contributed by atoms with van der Waals surface area (Å²) in [5.41, 5.74) is 11.7. The van der Waals surface area contributed by atoms with Crippen LogP contribution in [-0.2, 0) is 5.41 Å². The Hall–Kier alpha value is -6.06. The minimum Gasteiger partial charge on any atom is -0.456 e. The van der Waals surface area contributed by atoms with Gasteiger partial charge in [0.15, 0.2) is 0 Å². The summed E-state index contributed by atoms with van der Waals surface area (Å²) in [5, 5.41) is 2.11. The smallest absolute Gasteiger partial charge is 0.143 e. The molecule has 0 saturated carbocycles. The first-order chi connectivity index (χ1) is 23.5. The number of para-hydroxylation sites is 1. The molecule has 0 aliphatic carbocycles. The fraction of sp³-hybridized carbons (Fsp3) is 0.0667. The Balaban J connectivity index is 1.16. The van der Waals surface area contributed by atoms with Crippen LogP contribution in [0.15, 0.2) is 168 Å². The number of ether oxygens (including phenoxy) is 1. The maximum absolute atomic E-state index is 6.79. The normalized spacial score (nSPS) is 13.1. The lowest BCUT2D eigenvalue weighted by Crippen LogP contribution is -2.25. The molecule has 0 spiro atoms. The third-order valence-corrected chi connectivity index (χ3v) is 9.74. The first-order valence-corrected chi connectivity index (χ1v) is 16.4. The molecular formula is C45H33NO2. The number of hydrogen-bond acceptors (Lipinski definition) is 3.